The maximum Gasteiger partial charge on any atom is 0.307 e. The number of aromatic hydroxyl groups is 1. The Morgan fingerprint density at radius 3 is 2.68 bits per heavy atom. The van der Waals surface area contributed by atoms with Crippen LogP contribution in [-0.2, 0) is 14.3 Å². The molecule has 8 heteroatoms. The number of esters is 1. The summed E-state index contributed by atoms with van der Waals surface area (Å²) in [4.78, 5) is 36.4. The molecule has 2 amide bonds. The summed E-state index contributed by atoms with van der Waals surface area (Å²) in [6.07, 6.45) is -0.112. The van der Waals surface area contributed by atoms with Crippen LogP contribution in [0.25, 0.3) is 0 Å². The van der Waals surface area contributed by atoms with E-state index in [-0.39, 0.29) is 25.4 Å². The lowest BCUT2D eigenvalue weighted by Gasteiger charge is -2.15. The number of rotatable bonds is 6. The number of phenolic OH excluding ortho intramolecular Hbond substituents is 1. The molecule has 1 saturated heterocycles. The summed E-state index contributed by atoms with van der Waals surface area (Å²) in [6.45, 7) is 1.93. The number of carbonyl (C=O) groups is 3. The van der Waals surface area contributed by atoms with Crippen molar-refractivity contribution in [1.82, 2.24) is 4.90 Å². The van der Waals surface area contributed by atoms with Crippen molar-refractivity contribution in [3.8, 4) is 5.75 Å². The molecule has 1 aromatic rings. The van der Waals surface area contributed by atoms with Crippen LogP contribution in [0.5, 0.6) is 5.75 Å². The summed E-state index contributed by atoms with van der Waals surface area (Å²) < 4.78 is 4.79. The van der Waals surface area contributed by atoms with Gasteiger partial charge in [0.15, 0.2) is 0 Å². The average molecular weight is 324 g/mol. The van der Waals surface area contributed by atoms with Crippen LogP contribution in [0.2, 0.25) is 0 Å². The molecule has 0 aromatic heterocycles. The van der Waals surface area contributed by atoms with Crippen molar-refractivity contribution >= 4 is 34.6 Å². The maximum absolute atomic E-state index is 12.1. The molecule has 2 N–H and O–H groups in total. The molecule has 1 atom stereocenters. The highest BCUT2D eigenvalue weighted by Crippen LogP contribution is 2.29. The Balaban J connectivity index is 1.91. The summed E-state index contributed by atoms with van der Waals surface area (Å²) in [5.74, 6) is -0.771. The quantitative estimate of drug-likeness (QED) is 0.608. The second-order valence-electron chi connectivity index (χ2n) is 4.53. The Morgan fingerprint density at radius 1 is 1.36 bits per heavy atom. The van der Waals surface area contributed by atoms with Gasteiger partial charge < -0.3 is 15.2 Å². The van der Waals surface area contributed by atoms with Crippen molar-refractivity contribution in [2.45, 2.75) is 18.6 Å². The number of carbonyl (C=O) groups excluding carboxylic acids is 3. The first-order valence-electron chi connectivity index (χ1n) is 6.71. The molecule has 1 fully saturated rings. The third-order valence-corrected chi connectivity index (χ3v) is 4.05. The van der Waals surface area contributed by atoms with Gasteiger partial charge in [-0.05, 0) is 31.2 Å². The van der Waals surface area contributed by atoms with Gasteiger partial charge in [0.25, 0.3) is 5.24 Å². The van der Waals surface area contributed by atoms with Crippen LogP contribution in [0.3, 0.4) is 0 Å². The molecule has 0 bridgehead atoms. The lowest BCUT2D eigenvalue weighted by Crippen LogP contribution is -2.36. The van der Waals surface area contributed by atoms with E-state index in [1.54, 1.807) is 19.1 Å². The number of anilines is 1. The lowest BCUT2D eigenvalue weighted by molar-refractivity contribution is -0.144. The van der Waals surface area contributed by atoms with E-state index in [1.165, 1.54) is 12.1 Å². The Labute approximate surface area is 131 Å². The number of benzene rings is 1. The van der Waals surface area contributed by atoms with Crippen molar-refractivity contribution in [2.75, 3.05) is 18.6 Å². The van der Waals surface area contributed by atoms with Gasteiger partial charge in [-0.15, -0.1) is 0 Å². The zero-order valence-corrected chi connectivity index (χ0v) is 12.8. The van der Waals surface area contributed by atoms with E-state index in [2.05, 4.69) is 5.32 Å². The van der Waals surface area contributed by atoms with E-state index in [0.717, 1.165) is 16.7 Å². The van der Waals surface area contributed by atoms with Crippen molar-refractivity contribution < 1.29 is 24.2 Å². The minimum Gasteiger partial charge on any atom is -0.508 e. The molecule has 7 nitrogen and oxygen atoms in total. The average Bonchev–Trinajstić information content (AvgIpc) is 2.73. The second kappa shape index (κ2) is 7.17. The van der Waals surface area contributed by atoms with Crippen molar-refractivity contribution in [1.29, 1.82) is 0 Å². The Hall–Kier alpha value is -2.22. The smallest absolute Gasteiger partial charge is 0.307 e. The van der Waals surface area contributed by atoms with Crippen molar-refractivity contribution in [3.05, 3.63) is 24.3 Å². The molecule has 0 aliphatic carbocycles. The Kier molecular flexibility index (Phi) is 5.26. The maximum atomic E-state index is 12.1. The number of ether oxygens (including phenoxy) is 1. The van der Waals surface area contributed by atoms with Crippen LogP contribution in [0.15, 0.2) is 24.3 Å². The third-order valence-electron chi connectivity index (χ3n) is 2.97. The highest BCUT2D eigenvalue weighted by atomic mass is 32.2. The van der Waals surface area contributed by atoms with Gasteiger partial charge in [0.05, 0.1) is 19.7 Å². The number of nitrogens with zero attached hydrogens (tertiary/aromatic N) is 1. The molecule has 118 valence electrons. The van der Waals surface area contributed by atoms with Gasteiger partial charge in [-0.1, -0.05) is 11.8 Å². The molecule has 0 saturated carbocycles. The highest BCUT2D eigenvalue weighted by molar-refractivity contribution is 8.15. The molecule has 1 aliphatic rings. The zero-order chi connectivity index (χ0) is 16.1. The summed E-state index contributed by atoms with van der Waals surface area (Å²) in [7, 11) is 0. The fraction of sp³-hybridized carbons (Fsp3) is 0.357. The van der Waals surface area contributed by atoms with Crippen LogP contribution in [0, 0.1) is 0 Å². The number of hydrogen-bond donors (Lipinski definition) is 2. The van der Waals surface area contributed by atoms with Crippen LogP contribution >= 0.6 is 11.8 Å². The SMILES string of the molecule is CCOC(=O)CC1SC(=O)N(CNc2ccc(O)cc2)C1=O. The molecule has 1 aliphatic heterocycles. The molecular weight excluding hydrogens is 308 g/mol. The highest BCUT2D eigenvalue weighted by Gasteiger charge is 2.40. The monoisotopic (exact) mass is 324 g/mol. The van der Waals surface area contributed by atoms with Crippen LogP contribution < -0.4 is 5.32 Å². The second-order valence-corrected chi connectivity index (χ2v) is 5.68. The fourth-order valence-electron chi connectivity index (χ4n) is 1.89. The van der Waals surface area contributed by atoms with E-state index < -0.39 is 22.4 Å². The van der Waals surface area contributed by atoms with E-state index in [4.69, 9.17) is 4.74 Å². The van der Waals surface area contributed by atoms with Crippen LogP contribution in [0.4, 0.5) is 10.5 Å². The summed E-state index contributed by atoms with van der Waals surface area (Å²) in [5.41, 5.74) is 0.664. The minimum atomic E-state index is -0.729. The van der Waals surface area contributed by atoms with Crippen LogP contribution in [-0.4, -0.2) is 45.6 Å². The number of hydrogen-bond acceptors (Lipinski definition) is 7. The molecule has 1 heterocycles. The lowest BCUT2D eigenvalue weighted by atomic mass is 10.3. The van der Waals surface area contributed by atoms with Gasteiger partial charge in [0.2, 0.25) is 5.91 Å². The van der Waals surface area contributed by atoms with Gasteiger partial charge in [-0.2, -0.15) is 0 Å². The minimum absolute atomic E-state index is 0.00870. The van der Waals surface area contributed by atoms with Gasteiger partial charge in [0.1, 0.15) is 11.0 Å². The predicted molar refractivity (Wildman–Crippen MR) is 81.5 cm³/mol. The molecular formula is C14H16N2O5S. The van der Waals surface area contributed by atoms with Gasteiger partial charge >= 0.3 is 5.97 Å². The standard InChI is InChI=1S/C14H16N2O5S/c1-2-21-12(18)7-11-13(19)16(14(20)22-11)8-15-9-3-5-10(17)6-4-9/h3-6,11,15,17H,2,7-8H2,1H3. The number of nitrogens with one attached hydrogen (secondary N) is 1. The molecule has 0 spiro atoms. The number of thioether (sulfide) groups is 1. The van der Waals surface area contributed by atoms with E-state index >= 15 is 0 Å². The Bertz CT molecular complexity index is 575. The zero-order valence-electron chi connectivity index (χ0n) is 11.9. The Morgan fingerprint density at radius 2 is 2.05 bits per heavy atom. The number of amides is 2. The summed E-state index contributed by atoms with van der Waals surface area (Å²) >= 11 is 0.830. The van der Waals surface area contributed by atoms with Gasteiger partial charge in [0, 0.05) is 5.69 Å². The molecule has 1 unspecified atom stereocenters. The topological polar surface area (TPSA) is 95.9 Å². The van der Waals surface area contributed by atoms with Crippen molar-refractivity contribution in [2.24, 2.45) is 0 Å². The first kappa shape index (κ1) is 16.2. The molecule has 22 heavy (non-hydrogen) atoms. The van der Waals surface area contributed by atoms with Gasteiger partial charge in [-0.25, -0.2) is 0 Å². The van der Waals surface area contributed by atoms with Crippen molar-refractivity contribution in [3.63, 3.8) is 0 Å². The van der Waals surface area contributed by atoms with E-state index in [9.17, 15) is 19.5 Å². The third kappa shape index (κ3) is 3.91. The largest absolute Gasteiger partial charge is 0.508 e. The molecule has 2 rings (SSSR count). The predicted octanol–water partition coefficient (Wildman–Crippen LogP) is 1.78. The summed E-state index contributed by atoms with van der Waals surface area (Å²) in [6, 6.07) is 6.25. The molecule has 0 radical (unpaired) electrons. The summed E-state index contributed by atoms with van der Waals surface area (Å²) in [5, 5.41) is 11.0. The number of phenols is 1. The van der Waals surface area contributed by atoms with E-state index in [0.29, 0.717) is 5.69 Å². The first-order valence-corrected chi connectivity index (χ1v) is 7.59. The first-order chi connectivity index (χ1) is 10.5. The van der Waals surface area contributed by atoms with Gasteiger partial charge in [-0.3, -0.25) is 19.3 Å². The normalized spacial score (nSPS) is 17.7. The van der Waals surface area contributed by atoms with E-state index in [1.807, 2.05) is 0 Å². The van der Waals surface area contributed by atoms with Crippen LogP contribution in [0.1, 0.15) is 13.3 Å². The fourth-order valence-corrected chi connectivity index (χ4v) is 2.86. The molecule has 1 aromatic carbocycles. The number of imide groups is 1.